The third kappa shape index (κ3) is 5.89. The van der Waals surface area contributed by atoms with E-state index in [9.17, 15) is 4.79 Å². The molecule has 0 fully saturated rings. The molecule has 0 aromatic rings. The second-order valence-corrected chi connectivity index (χ2v) is 3.45. The first-order valence-corrected chi connectivity index (χ1v) is 4.35. The van der Waals surface area contributed by atoms with E-state index in [4.69, 9.17) is 0 Å². The van der Waals surface area contributed by atoms with Gasteiger partial charge in [0.1, 0.15) is 0 Å². The Morgan fingerprint density at radius 2 is 1.91 bits per heavy atom. The van der Waals surface area contributed by atoms with E-state index in [-0.39, 0.29) is 5.91 Å². The van der Waals surface area contributed by atoms with Crippen LogP contribution >= 0.6 is 0 Å². The fraction of sp³-hybridized carbons (Fsp3) is 0.889. The number of hydrogen-bond acceptors (Lipinski definition) is 1. The molecule has 1 N–H and O–H groups in total. The van der Waals surface area contributed by atoms with E-state index in [1.807, 2.05) is 13.8 Å². The predicted molar refractivity (Wildman–Crippen MR) is 47.4 cm³/mol. The summed E-state index contributed by atoms with van der Waals surface area (Å²) in [5.41, 5.74) is 0. The standard InChI is InChI=1S/C9H19NO/c1-5-9(11)10-8(4)6-7(2)3/h7-8H,5-6H2,1-4H3,(H,10,11)/t8-/m0/s1. The van der Waals surface area contributed by atoms with E-state index in [2.05, 4.69) is 19.2 Å². The van der Waals surface area contributed by atoms with Gasteiger partial charge < -0.3 is 5.32 Å². The lowest BCUT2D eigenvalue weighted by molar-refractivity contribution is -0.121. The van der Waals surface area contributed by atoms with Crippen molar-refractivity contribution in [2.75, 3.05) is 0 Å². The van der Waals surface area contributed by atoms with Gasteiger partial charge in [0.25, 0.3) is 0 Å². The minimum Gasteiger partial charge on any atom is -0.354 e. The van der Waals surface area contributed by atoms with Crippen LogP contribution in [-0.2, 0) is 4.79 Å². The highest BCUT2D eigenvalue weighted by atomic mass is 16.1. The summed E-state index contributed by atoms with van der Waals surface area (Å²) in [4.78, 5) is 10.9. The smallest absolute Gasteiger partial charge is 0.219 e. The van der Waals surface area contributed by atoms with Gasteiger partial charge in [-0.2, -0.15) is 0 Å². The summed E-state index contributed by atoms with van der Waals surface area (Å²) in [5, 5.41) is 2.92. The molecule has 0 radical (unpaired) electrons. The van der Waals surface area contributed by atoms with E-state index >= 15 is 0 Å². The van der Waals surface area contributed by atoms with Gasteiger partial charge in [-0.1, -0.05) is 20.8 Å². The quantitative estimate of drug-likeness (QED) is 0.664. The lowest BCUT2D eigenvalue weighted by atomic mass is 10.1. The maximum atomic E-state index is 10.9. The molecule has 0 saturated heterocycles. The van der Waals surface area contributed by atoms with Crippen LogP contribution in [0.3, 0.4) is 0 Å². The minimum atomic E-state index is 0.151. The van der Waals surface area contributed by atoms with E-state index in [0.29, 0.717) is 18.4 Å². The van der Waals surface area contributed by atoms with Gasteiger partial charge in [-0.15, -0.1) is 0 Å². The summed E-state index contributed by atoms with van der Waals surface area (Å²) in [5.74, 6) is 0.806. The zero-order chi connectivity index (χ0) is 8.85. The first kappa shape index (κ1) is 10.5. The van der Waals surface area contributed by atoms with Gasteiger partial charge in [0.2, 0.25) is 5.91 Å². The largest absolute Gasteiger partial charge is 0.354 e. The Kier molecular flexibility index (Phi) is 4.92. The highest BCUT2D eigenvalue weighted by molar-refractivity contribution is 5.75. The topological polar surface area (TPSA) is 29.1 Å². The van der Waals surface area contributed by atoms with Crippen LogP contribution in [0, 0.1) is 5.92 Å². The number of hydrogen-bond donors (Lipinski definition) is 1. The third-order valence-electron chi connectivity index (χ3n) is 1.55. The molecule has 0 aromatic carbocycles. The van der Waals surface area contributed by atoms with Crippen molar-refractivity contribution in [1.29, 1.82) is 0 Å². The molecule has 0 rings (SSSR count). The number of nitrogens with one attached hydrogen (secondary N) is 1. The van der Waals surface area contributed by atoms with Crippen LogP contribution in [0.25, 0.3) is 0 Å². The fourth-order valence-electron chi connectivity index (χ4n) is 1.14. The highest BCUT2D eigenvalue weighted by Gasteiger charge is 2.06. The lowest BCUT2D eigenvalue weighted by Gasteiger charge is -2.14. The summed E-state index contributed by atoms with van der Waals surface area (Å²) < 4.78 is 0. The van der Waals surface area contributed by atoms with E-state index < -0.39 is 0 Å². The number of amides is 1. The van der Waals surface area contributed by atoms with Gasteiger partial charge in [0.05, 0.1) is 0 Å². The van der Waals surface area contributed by atoms with E-state index in [1.165, 1.54) is 0 Å². The maximum absolute atomic E-state index is 10.9. The first-order valence-electron chi connectivity index (χ1n) is 4.35. The van der Waals surface area contributed by atoms with E-state index in [1.54, 1.807) is 0 Å². The Labute approximate surface area is 69.4 Å². The number of carbonyl (C=O) groups excluding carboxylic acids is 1. The molecule has 0 aliphatic heterocycles. The van der Waals surface area contributed by atoms with Crippen molar-refractivity contribution in [3.05, 3.63) is 0 Å². The van der Waals surface area contributed by atoms with Crippen molar-refractivity contribution < 1.29 is 4.79 Å². The zero-order valence-electron chi connectivity index (χ0n) is 7.98. The van der Waals surface area contributed by atoms with Crippen LogP contribution in [0.1, 0.15) is 40.5 Å². The van der Waals surface area contributed by atoms with Crippen LogP contribution in [0.4, 0.5) is 0 Å². The van der Waals surface area contributed by atoms with Crippen molar-refractivity contribution >= 4 is 5.91 Å². The molecule has 0 aliphatic carbocycles. The Morgan fingerprint density at radius 3 is 2.27 bits per heavy atom. The zero-order valence-corrected chi connectivity index (χ0v) is 7.98. The van der Waals surface area contributed by atoms with Crippen LogP contribution < -0.4 is 5.32 Å². The Balaban J connectivity index is 3.51. The molecule has 1 amide bonds. The van der Waals surface area contributed by atoms with Gasteiger partial charge >= 0.3 is 0 Å². The van der Waals surface area contributed by atoms with E-state index in [0.717, 1.165) is 6.42 Å². The maximum Gasteiger partial charge on any atom is 0.219 e. The first-order chi connectivity index (χ1) is 5.06. The molecule has 0 spiro atoms. The van der Waals surface area contributed by atoms with Crippen molar-refractivity contribution in [2.45, 2.75) is 46.6 Å². The van der Waals surface area contributed by atoms with Crippen LogP contribution in [0.5, 0.6) is 0 Å². The monoisotopic (exact) mass is 157 g/mol. The summed E-state index contributed by atoms with van der Waals surface area (Å²) in [6.07, 6.45) is 1.65. The predicted octanol–water partition coefficient (Wildman–Crippen LogP) is 1.95. The fourth-order valence-corrected chi connectivity index (χ4v) is 1.14. The Hall–Kier alpha value is -0.530. The molecular weight excluding hydrogens is 138 g/mol. The summed E-state index contributed by atoms with van der Waals surface area (Å²) in [6, 6.07) is 0.322. The molecule has 0 aromatic heterocycles. The normalized spacial score (nSPS) is 13.2. The molecule has 66 valence electrons. The molecular formula is C9H19NO. The molecule has 1 atom stereocenters. The highest BCUT2D eigenvalue weighted by Crippen LogP contribution is 2.03. The van der Waals surface area contributed by atoms with Gasteiger partial charge in [-0.3, -0.25) is 4.79 Å². The van der Waals surface area contributed by atoms with Crippen LogP contribution in [0.15, 0.2) is 0 Å². The van der Waals surface area contributed by atoms with Crippen molar-refractivity contribution in [3.8, 4) is 0 Å². The van der Waals surface area contributed by atoms with Crippen molar-refractivity contribution in [2.24, 2.45) is 5.92 Å². The Morgan fingerprint density at radius 1 is 1.36 bits per heavy atom. The molecule has 2 nitrogen and oxygen atoms in total. The van der Waals surface area contributed by atoms with Gasteiger partial charge in [-0.25, -0.2) is 0 Å². The molecule has 0 unspecified atom stereocenters. The van der Waals surface area contributed by atoms with Gasteiger partial charge in [-0.05, 0) is 19.3 Å². The molecule has 11 heavy (non-hydrogen) atoms. The SMILES string of the molecule is CCC(=O)N[C@@H](C)CC(C)C. The van der Waals surface area contributed by atoms with Crippen molar-refractivity contribution in [1.82, 2.24) is 5.32 Å². The molecule has 0 saturated carbocycles. The van der Waals surface area contributed by atoms with Gasteiger partial charge in [0, 0.05) is 12.5 Å². The minimum absolute atomic E-state index is 0.151. The van der Waals surface area contributed by atoms with Crippen LogP contribution in [0.2, 0.25) is 0 Å². The molecule has 0 heterocycles. The lowest BCUT2D eigenvalue weighted by Crippen LogP contribution is -2.32. The summed E-state index contributed by atoms with van der Waals surface area (Å²) in [6.45, 7) is 8.24. The second-order valence-electron chi connectivity index (χ2n) is 3.45. The summed E-state index contributed by atoms with van der Waals surface area (Å²) >= 11 is 0. The average molecular weight is 157 g/mol. The second kappa shape index (κ2) is 5.16. The average Bonchev–Trinajstić information content (AvgIpc) is 1.85. The number of carbonyl (C=O) groups is 1. The third-order valence-corrected chi connectivity index (χ3v) is 1.55. The van der Waals surface area contributed by atoms with Crippen molar-refractivity contribution in [3.63, 3.8) is 0 Å². The molecule has 0 aliphatic rings. The van der Waals surface area contributed by atoms with Gasteiger partial charge in [0.15, 0.2) is 0 Å². The van der Waals surface area contributed by atoms with Crippen LogP contribution in [-0.4, -0.2) is 11.9 Å². The molecule has 0 bridgehead atoms. The molecule has 2 heteroatoms. The Bertz CT molecular complexity index is 121. The summed E-state index contributed by atoms with van der Waals surface area (Å²) in [7, 11) is 0. The number of rotatable bonds is 4.